The van der Waals surface area contributed by atoms with E-state index >= 15 is 0 Å². The summed E-state index contributed by atoms with van der Waals surface area (Å²) >= 11 is 8.26. The third kappa shape index (κ3) is 6.61. The zero-order chi connectivity index (χ0) is 26.5. The van der Waals surface area contributed by atoms with Crippen molar-refractivity contribution in [1.82, 2.24) is 9.88 Å². The number of fused-ring (bicyclic) bond motifs is 1. The number of anilines is 1. The number of unbranched alkanes of at least 4 members (excludes halogenated alkanes) is 2. The fourth-order valence-electron chi connectivity index (χ4n) is 4.12. The summed E-state index contributed by atoms with van der Waals surface area (Å²) in [6.07, 6.45) is 7.19. The Hall–Kier alpha value is -3.21. The van der Waals surface area contributed by atoms with Gasteiger partial charge in [0.1, 0.15) is 4.32 Å². The molecule has 3 aromatic rings. The summed E-state index contributed by atoms with van der Waals surface area (Å²) in [5, 5.41) is 3.53. The number of carbonyl (C=O) groups excluding carboxylic acids is 2. The van der Waals surface area contributed by atoms with Gasteiger partial charge in [-0.1, -0.05) is 66.3 Å². The van der Waals surface area contributed by atoms with Gasteiger partial charge in [0.2, 0.25) is 12.7 Å². The van der Waals surface area contributed by atoms with Crippen molar-refractivity contribution < 1.29 is 19.1 Å². The maximum Gasteiger partial charge on any atom is 0.266 e. The largest absolute Gasteiger partial charge is 0.454 e. The summed E-state index contributed by atoms with van der Waals surface area (Å²) in [5.74, 6) is 1.26. The van der Waals surface area contributed by atoms with Gasteiger partial charge in [-0.2, -0.15) is 0 Å². The van der Waals surface area contributed by atoms with E-state index in [0.717, 1.165) is 36.1 Å². The molecule has 2 aliphatic heterocycles. The monoisotopic (exact) mass is 565 g/mol. The molecule has 196 valence electrons. The number of nitrogens with zero attached hydrogens (tertiary/aromatic N) is 2. The van der Waals surface area contributed by atoms with E-state index < -0.39 is 0 Å². The minimum Gasteiger partial charge on any atom is -0.454 e. The van der Waals surface area contributed by atoms with E-state index in [4.69, 9.17) is 21.7 Å². The number of thiazole rings is 1. The average molecular weight is 566 g/mol. The fourth-order valence-corrected chi connectivity index (χ4v) is 6.29. The number of aryl methyl sites for hydroxylation is 1. The molecule has 0 unspecified atom stereocenters. The van der Waals surface area contributed by atoms with Gasteiger partial charge in [0.05, 0.1) is 4.91 Å². The molecule has 1 N–H and O–H groups in total. The minimum atomic E-state index is -0.0828. The Kier molecular flexibility index (Phi) is 8.41. The van der Waals surface area contributed by atoms with Crippen molar-refractivity contribution in [2.45, 2.75) is 39.0 Å². The summed E-state index contributed by atoms with van der Waals surface area (Å²) in [4.78, 5) is 33.0. The van der Waals surface area contributed by atoms with E-state index in [1.54, 1.807) is 4.90 Å². The Bertz CT molecular complexity index is 1380. The van der Waals surface area contributed by atoms with Crippen LogP contribution >= 0.6 is 35.3 Å². The van der Waals surface area contributed by atoms with E-state index in [1.165, 1.54) is 34.2 Å². The Morgan fingerprint density at radius 2 is 1.95 bits per heavy atom. The molecular weight excluding hydrogens is 539 g/mol. The third-order valence-electron chi connectivity index (χ3n) is 6.15. The Morgan fingerprint density at radius 1 is 1.13 bits per heavy atom. The smallest absolute Gasteiger partial charge is 0.266 e. The van der Waals surface area contributed by atoms with Gasteiger partial charge in [-0.25, -0.2) is 4.98 Å². The summed E-state index contributed by atoms with van der Waals surface area (Å²) in [6.45, 7) is 2.82. The third-order valence-corrected chi connectivity index (χ3v) is 8.44. The number of rotatable bonds is 10. The lowest BCUT2D eigenvalue weighted by Gasteiger charge is -2.14. The molecule has 3 heterocycles. The van der Waals surface area contributed by atoms with Crippen LogP contribution in [0.4, 0.5) is 5.13 Å². The van der Waals surface area contributed by atoms with E-state index in [2.05, 4.69) is 41.5 Å². The zero-order valence-electron chi connectivity index (χ0n) is 20.9. The standard InChI is InChI=1S/C28H27N3O4S3/c1-18-6-8-19(9-7-18)13-21-16-29-27(37-21)30-25(32)5-3-2-4-12-31-26(33)24(38-28(31)36)15-20-10-11-22-23(14-20)35-17-34-22/h6-11,14-16H,2-5,12-13,17H2,1H3,(H,29,30,32). The van der Waals surface area contributed by atoms with E-state index in [-0.39, 0.29) is 18.6 Å². The van der Waals surface area contributed by atoms with Crippen LogP contribution in [0.25, 0.3) is 6.08 Å². The number of carbonyl (C=O) groups is 2. The second-order valence-corrected chi connectivity index (χ2v) is 11.9. The highest BCUT2D eigenvalue weighted by Crippen LogP contribution is 2.36. The van der Waals surface area contributed by atoms with Gasteiger partial charge in [-0.05, 0) is 49.1 Å². The predicted octanol–water partition coefficient (Wildman–Crippen LogP) is 6.17. The number of ether oxygens (including phenoxy) is 2. The van der Waals surface area contributed by atoms with Crippen molar-refractivity contribution >= 4 is 62.7 Å². The van der Waals surface area contributed by atoms with Crippen molar-refractivity contribution in [1.29, 1.82) is 0 Å². The highest BCUT2D eigenvalue weighted by molar-refractivity contribution is 8.26. The van der Waals surface area contributed by atoms with Crippen molar-refractivity contribution in [2.75, 3.05) is 18.7 Å². The lowest BCUT2D eigenvalue weighted by molar-refractivity contribution is -0.122. The summed E-state index contributed by atoms with van der Waals surface area (Å²) in [7, 11) is 0. The minimum absolute atomic E-state index is 0.0430. The van der Waals surface area contributed by atoms with Crippen molar-refractivity contribution in [3.8, 4) is 11.5 Å². The zero-order valence-corrected chi connectivity index (χ0v) is 23.3. The number of benzene rings is 2. The molecule has 1 fully saturated rings. The average Bonchev–Trinajstić information content (AvgIpc) is 3.61. The highest BCUT2D eigenvalue weighted by Gasteiger charge is 2.31. The molecule has 38 heavy (non-hydrogen) atoms. The summed E-state index contributed by atoms with van der Waals surface area (Å²) in [5.41, 5.74) is 3.32. The van der Waals surface area contributed by atoms with Crippen LogP contribution in [0.3, 0.4) is 0 Å². The molecule has 1 aromatic heterocycles. The molecule has 0 aliphatic carbocycles. The Balaban J connectivity index is 1.03. The van der Waals surface area contributed by atoms with Crippen LogP contribution in [-0.4, -0.2) is 39.4 Å². The van der Waals surface area contributed by atoms with Crippen LogP contribution in [0.15, 0.2) is 53.6 Å². The molecule has 1 saturated heterocycles. The number of thioether (sulfide) groups is 1. The van der Waals surface area contributed by atoms with Crippen LogP contribution in [0.1, 0.15) is 47.3 Å². The van der Waals surface area contributed by atoms with Crippen LogP contribution < -0.4 is 14.8 Å². The molecule has 10 heteroatoms. The van der Waals surface area contributed by atoms with Gasteiger partial charge in [0, 0.05) is 30.5 Å². The van der Waals surface area contributed by atoms with Gasteiger partial charge in [0.15, 0.2) is 16.6 Å². The first kappa shape index (κ1) is 26.4. The van der Waals surface area contributed by atoms with E-state index in [0.29, 0.717) is 38.8 Å². The molecule has 0 spiro atoms. The Morgan fingerprint density at radius 3 is 2.79 bits per heavy atom. The van der Waals surface area contributed by atoms with Crippen LogP contribution in [0.5, 0.6) is 11.5 Å². The highest BCUT2D eigenvalue weighted by atomic mass is 32.2. The van der Waals surface area contributed by atoms with Gasteiger partial charge < -0.3 is 14.8 Å². The first-order valence-electron chi connectivity index (χ1n) is 12.4. The van der Waals surface area contributed by atoms with Crippen LogP contribution in [-0.2, 0) is 16.0 Å². The number of hydrogen-bond acceptors (Lipinski definition) is 8. The number of thiocarbonyl (C=S) groups is 1. The number of aromatic nitrogens is 1. The molecule has 2 aliphatic rings. The van der Waals surface area contributed by atoms with Crippen molar-refractivity contribution in [3.63, 3.8) is 0 Å². The molecule has 2 aromatic carbocycles. The lowest BCUT2D eigenvalue weighted by atomic mass is 10.1. The van der Waals surface area contributed by atoms with Crippen LogP contribution in [0.2, 0.25) is 0 Å². The van der Waals surface area contributed by atoms with Crippen molar-refractivity contribution in [3.05, 3.63) is 75.1 Å². The van der Waals surface area contributed by atoms with Gasteiger partial charge in [0.25, 0.3) is 5.91 Å². The predicted molar refractivity (Wildman–Crippen MR) is 156 cm³/mol. The maximum absolute atomic E-state index is 12.9. The molecule has 0 atom stereocenters. The second kappa shape index (κ2) is 12.1. The van der Waals surface area contributed by atoms with Gasteiger partial charge >= 0.3 is 0 Å². The molecule has 5 rings (SSSR count). The second-order valence-electron chi connectivity index (χ2n) is 9.10. The normalized spacial score (nSPS) is 15.5. The van der Waals surface area contributed by atoms with Gasteiger partial charge in [-0.15, -0.1) is 11.3 Å². The van der Waals surface area contributed by atoms with Crippen molar-refractivity contribution in [2.24, 2.45) is 0 Å². The van der Waals surface area contributed by atoms with E-state index in [1.807, 2.05) is 30.5 Å². The lowest BCUT2D eigenvalue weighted by Crippen LogP contribution is -2.29. The van der Waals surface area contributed by atoms with Gasteiger partial charge in [-0.3, -0.25) is 14.5 Å². The molecule has 0 radical (unpaired) electrons. The first-order valence-corrected chi connectivity index (χ1v) is 14.4. The molecule has 2 amide bonds. The summed E-state index contributed by atoms with van der Waals surface area (Å²) in [6, 6.07) is 14.0. The quantitative estimate of drug-likeness (QED) is 0.179. The van der Waals surface area contributed by atoms with E-state index in [9.17, 15) is 9.59 Å². The molecule has 7 nitrogen and oxygen atoms in total. The number of amides is 2. The topological polar surface area (TPSA) is 80.8 Å². The summed E-state index contributed by atoms with van der Waals surface area (Å²) < 4.78 is 11.3. The van der Waals surface area contributed by atoms with Crippen LogP contribution in [0, 0.1) is 6.92 Å². The molecule has 0 bridgehead atoms. The molecular formula is C28H27N3O4S3. The first-order chi connectivity index (χ1) is 18.4. The molecule has 0 saturated carbocycles. The fraction of sp³-hybridized carbons (Fsp3) is 0.286. The maximum atomic E-state index is 12.9. The number of nitrogens with one attached hydrogen (secondary N) is 1. The Labute approximate surface area is 235 Å². The SMILES string of the molecule is Cc1ccc(Cc2cnc(NC(=O)CCCCCN3C(=O)C(=Cc4ccc5c(c4)OCO5)SC3=S)s2)cc1. The number of hydrogen-bond donors (Lipinski definition) is 1.